The Bertz CT molecular complexity index is 2480. The second-order valence-corrected chi connectivity index (χ2v) is 14.4. The Labute approximate surface area is 325 Å². The number of urea groups is 1. The molecule has 11 heteroatoms. The minimum Gasteiger partial charge on any atom is -0.369 e. The van der Waals surface area contributed by atoms with Gasteiger partial charge in [-0.15, -0.1) is 0 Å². The van der Waals surface area contributed by atoms with Gasteiger partial charge in [0.05, 0.1) is 29.8 Å². The molecule has 2 aliphatic heterocycles. The van der Waals surface area contributed by atoms with Gasteiger partial charge in [-0.1, -0.05) is 78.9 Å². The van der Waals surface area contributed by atoms with Crippen molar-refractivity contribution < 1.29 is 14.7 Å². The molecule has 56 heavy (non-hydrogen) atoms. The highest BCUT2D eigenvalue weighted by Crippen LogP contribution is 2.35. The van der Waals surface area contributed by atoms with E-state index < -0.39 is 12.3 Å². The van der Waals surface area contributed by atoms with Crippen LogP contribution in [0.15, 0.2) is 121 Å². The van der Waals surface area contributed by atoms with Gasteiger partial charge >= 0.3 is 6.03 Å². The van der Waals surface area contributed by atoms with Gasteiger partial charge < -0.3 is 15.7 Å². The number of nitrogens with one attached hydrogen (secondary N) is 2. The van der Waals surface area contributed by atoms with E-state index in [1.165, 1.54) is 4.90 Å². The molecule has 4 heterocycles. The predicted molar refractivity (Wildman–Crippen MR) is 220 cm³/mol. The van der Waals surface area contributed by atoms with E-state index in [9.17, 15) is 14.7 Å². The van der Waals surface area contributed by atoms with Crippen LogP contribution >= 0.6 is 0 Å². The number of aryl methyl sites for hydroxylation is 3. The average Bonchev–Trinajstić information content (AvgIpc) is 3.34. The monoisotopic (exact) mass is 742 g/mol. The second-order valence-electron chi connectivity index (χ2n) is 14.4. The number of pyridine rings is 1. The van der Waals surface area contributed by atoms with Crippen LogP contribution in [0.3, 0.4) is 0 Å². The third-order valence-electron chi connectivity index (χ3n) is 10.4. The Hall–Kier alpha value is -6.72. The number of carbonyl (C=O) groups is 2. The summed E-state index contributed by atoms with van der Waals surface area (Å²) in [4.78, 5) is 49.4. The lowest BCUT2D eigenvalue weighted by Crippen LogP contribution is -2.46. The van der Waals surface area contributed by atoms with Crippen molar-refractivity contribution in [1.82, 2.24) is 15.0 Å². The third kappa shape index (κ3) is 7.36. The molecule has 4 aromatic carbocycles. The first kappa shape index (κ1) is 36.3. The highest BCUT2D eigenvalue weighted by atomic mass is 16.3. The van der Waals surface area contributed by atoms with Crippen LogP contribution in [0, 0.1) is 20.8 Å². The van der Waals surface area contributed by atoms with Crippen LogP contribution in [-0.2, 0) is 24.2 Å². The van der Waals surface area contributed by atoms with Gasteiger partial charge in [-0.3, -0.25) is 24.6 Å². The van der Waals surface area contributed by atoms with Crippen LogP contribution in [0.25, 0.3) is 0 Å². The molecule has 8 rings (SSSR count). The van der Waals surface area contributed by atoms with Crippen LogP contribution in [0.1, 0.15) is 56.4 Å². The molecule has 1 unspecified atom stereocenters. The van der Waals surface area contributed by atoms with E-state index in [-0.39, 0.29) is 24.8 Å². The summed E-state index contributed by atoms with van der Waals surface area (Å²) in [6, 6.07) is 32.4. The molecule has 0 saturated heterocycles. The number of carbonyl (C=O) groups excluding carboxylic acids is 2. The summed E-state index contributed by atoms with van der Waals surface area (Å²) in [5, 5.41) is 18.0. The van der Waals surface area contributed by atoms with E-state index in [1.54, 1.807) is 24.3 Å². The number of ketones is 1. The van der Waals surface area contributed by atoms with Crippen molar-refractivity contribution in [3.05, 3.63) is 166 Å². The molecule has 2 aromatic heterocycles. The minimum absolute atomic E-state index is 0.0300. The summed E-state index contributed by atoms with van der Waals surface area (Å²) >= 11 is 0. The molecule has 0 saturated carbocycles. The van der Waals surface area contributed by atoms with Crippen molar-refractivity contribution in [1.29, 1.82) is 0 Å². The molecule has 3 N–H and O–H groups in total. The van der Waals surface area contributed by atoms with Crippen molar-refractivity contribution in [3.8, 4) is 0 Å². The number of nitrogens with zero attached hydrogens (tertiary/aromatic N) is 6. The summed E-state index contributed by atoms with van der Waals surface area (Å²) in [6.07, 6.45) is 3.05. The Kier molecular flexibility index (Phi) is 9.84. The highest BCUT2D eigenvalue weighted by Gasteiger charge is 2.32. The number of Topliss-reactive ketones (excluding diaryl/α,β-unsaturated/α-hetero) is 1. The number of benzene rings is 4. The van der Waals surface area contributed by atoms with Crippen molar-refractivity contribution in [2.45, 2.75) is 52.4 Å². The summed E-state index contributed by atoms with van der Waals surface area (Å²) in [5.74, 6) is 0.920. The molecule has 0 fully saturated rings. The Morgan fingerprint density at radius 1 is 0.821 bits per heavy atom. The Morgan fingerprint density at radius 3 is 2.39 bits per heavy atom. The highest BCUT2D eigenvalue weighted by molar-refractivity contribution is 6.16. The zero-order chi connectivity index (χ0) is 38.9. The standard InChI is InChI=1S/C45H42N8O3/c1-27-10-8-9-13-31(27)21-38-40(54)22-33-20-32(16-19-37(33)41(50-38)30-11-6-5-7-12-30)43(55)48-35-17-14-28(2)39(23-35)53-26-34-24-47-44(51-42(34)52(4)45(53)56)49-36-18-15-29(3)46-25-36/h5-20,23-25,38,43,48,55H,21-22,26H2,1-4H3,(H,47,49,51)/t38-,43?/m0/s1. The molecule has 11 nitrogen and oxygen atoms in total. The van der Waals surface area contributed by atoms with Gasteiger partial charge in [-0.05, 0) is 67.3 Å². The summed E-state index contributed by atoms with van der Waals surface area (Å²) < 4.78 is 0. The van der Waals surface area contributed by atoms with Gasteiger partial charge in [0, 0.05) is 59.7 Å². The molecule has 2 amide bonds. The molecule has 2 aliphatic rings. The summed E-state index contributed by atoms with van der Waals surface area (Å²) in [6.45, 7) is 6.19. The number of aliphatic hydroxyl groups is 1. The smallest absolute Gasteiger partial charge is 0.330 e. The molecule has 0 radical (unpaired) electrons. The Morgan fingerprint density at radius 2 is 1.61 bits per heavy atom. The van der Waals surface area contributed by atoms with Gasteiger partial charge in [0.15, 0.2) is 12.0 Å². The summed E-state index contributed by atoms with van der Waals surface area (Å²) in [7, 11) is 1.70. The van der Waals surface area contributed by atoms with Gasteiger partial charge in [0.25, 0.3) is 0 Å². The zero-order valence-electron chi connectivity index (χ0n) is 31.7. The molecule has 6 aromatic rings. The topological polar surface area (TPSA) is 136 Å². The van der Waals surface area contributed by atoms with Crippen molar-refractivity contribution in [2.24, 2.45) is 4.99 Å². The maximum atomic E-state index is 13.9. The van der Waals surface area contributed by atoms with Gasteiger partial charge in [0.1, 0.15) is 11.9 Å². The molecule has 2 atom stereocenters. The lowest BCUT2D eigenvalue weighted by Gasteiger charge is -2.35. The van der Waals surface area contributed by atoms with Crippen molar-refractivity contribution in [3.63, 3.8) is 0 Å². The van der Waals surface area contributed by atoms with Crippen LogP contribution in [0.4, 0.5) is 33.6 Å². The van der Waals surface area contributed by atoms with E-state index in [1.807, 2.05) is 105 Å². The number of aliphatic imine (C=N–C) groups is 1. The lowest BCUT2D eigenvalue weighted by atomic mass is 9.92. The molecule has 0 aliphatic carbocycles. The maximum Gasteiger partial charge on any atom is 0.330 e. The predicted octanol–water partition coefficient (Wildman–Crippen LogP) is 7.79. The Balaban J connectivity index is 1.03. The number of rotatable bonds is 9. The quantitative estimate of drug-likeness (QED) is 0.128. The first-order valence-electron chi connectivity index (χ1n) is 18.6. The van der Waals surface area contributed by atoms with E-state index in [4.69, 9.17) is 4.99 Å². The lowest BCUT2D eigenvalue weighted by molar-refractivity contribution is -0.119. The number of aliphatic hydroxyl groups excluding tert-OH is 1. The fraction of sp³-hybridized carbons (Fsp3) is 0.200. The van der Waals surface area contributed by atoms with Crippen molar-refractivity contribution >= 4 is 46.4 Å². The molecule has 0 bridgehead atoms. The summed E-state index contributed by atoms with van der Waals surface area (Å²) in [5.41, 5.74) is 10.8. The van der Waals surface area contributed by atoms with Gasteiger partial charge in [0.2, 0.25) is 5.95 Å². The van der Waals surface area contributed by atoms with Crippen LogP contribution in [-0.4, -0.2) is 50.7 Å². The first-order chi connectivity index (χ1) is 27.1. The number of hydrogen-bond acceptors (Lipinski definition) is 9. The van der Waals surface area contributed by atoms with Crippen LogP contribution in [0.5, 0.6) is 0 Å². The van der Waals surface area contributed by atoms with Crippen molar-refractivity contribution in [2.75, 3.05) is 27.5 Å². The molecule has 0 spiro atoms. The van der Waals surface area contributed by atoms with Crippen LogP contribution < -0.4 is 20.4 Å². The maximum absolute atomic E-state index is 13.9. The fourth-order valence-corrected chi connectivity index (χ4v) is 7.26. The number of fused-ring (bicyclic) bond motifs is 2. The normalized spacial score (nSPS) is 15.7. The van der Waals surface area contributed by atoms with E-state index in [2.05, 4.69) is 44.6 Å². The number of aromatic nitrogens is 3. The second kappa shape index (κ2) is 15.2. The van der Waals surface area contributed by atoms with E-state index in [0.29, 0.717) is 35.1 Å². The first-order valence-corrected chi connectivity index (χ1v) is 18.6. The zero-order valence-corrected chi connectivity index (χ0v) is 31.7. The fourth-order valence-electron chi connectivity index (χ4n) is 7.26. The van der Waals surface area contributed by atoms with Gasteiger partial charge in [-0.2, -0.15) is 4.98 Å². The molecule has 280 valence electrons. The average molecular weight is 743 g/mol. The van der Waals surface area contributed by atoms with E-state index in [0.717, 1.165) is 56.0 Å². The number of hydrogen-bond donors (Lipinski definition) is 3. The SMILES string of the molecule is Cc1ccc(Nc2ncc3c(n2)N(C)C(=O)N(c2cc(NC(O)c4ccc5c(c4)CC(=O)[C@H](Cc4ccccc4C)N=C5c4ccccc4)ccc2C)C3)cn1. The number of amides is 2. The molecular weight excluding hydrogens is 701 g/mol. The van der Waals surface area contributed by atoms with Gasteiger partial charge in [-0.25, -0.2) is 9.78 Å². The minimum atomic E-state index is -1.10. The number of anilines is 5. The largest absolute Gasteiger partial charge is 0.369 e. The third-order valence-corrected chi connectivity index (χ3v) is 10.4. The molecular formula is C45H42N8O3. The van der Waals surface area contributed by atoms with E-state index >= 15 is 0 Å². The van der Waals surface area contributed by atoms with Crippen LogP contribution in [0.2, 0.25) is 0 Å².